The minimum atomic E-state index is -0.203. The first-order chi connectivity index (χ1) is 8.22. The van der Waals surface area contributed by atoms with Gasteiger partial charge in [-0.05, 0) is 54.4 Å². The predicted octanol–water partition coefficient (Wildman–Crippen LogP) is 2.92. The number of benzene rings is 1. The molecule has 0 saturated carbocycles. The van der Waals surface area contributed by atoms with E-state index in [1.807, 2.05) is 32.3 Å². The van der Waals surface area contributed by atoms with E-state index in [1.54, 1.807) is 12.3 Å². The highest BCUT2D eigenvalue weighted by molar-refractivity contribution is 5.69. The SMILES string of the molecule is CNCc1cc(F)ccc1-c1ccncc1C. The van der Waals surface area contributed by atoms with Gasteiger partial charge in [-0.3, -0.25) is 4.98 Å². The van der Waals surface area contributed by atoms with Crippen molar-refractivity contribution in [1.29, 1.82) is 0 Å². The van der Waals surface area contributed by atoms with Crippen molar-refractivity contribution in [2.45, 2.75) is 13.5 Å². The van der Waals surface area contributed by atoms with Crippen LogP contribution in [0.3, 0.4) is 0 Å². The lowest BCUT2D eigenvalue weighted by molar-refractivity contribution is 0.624. The van der Waals surface area contributed by atoms with Crippen molar-refractivity contribution in [1.82, 2.24) is 10.3 Å². The average Bonchev–Trinajstić information content (AvgIpc) is 2.31. The number of pyridine rings is 1. The van der Waals surface area contributed by atoms with Gasteiger partial charge >= 0.3 is 0 Å². The Balaban J connectivity index is 2.55. The van der Waals surface area contributed by atoms with E-state index in [0.717, 1.165) is 22.3 Å². The van der Waals surface area contributed by atoms with Crippen LogP contribution in [-0.2, 0) is 6.54 Å². The number of aromatic nitrogens is 1. The number of hydrogen-bond donors (Lipinski definition) is 1. The molecule has 0 aliphatic rings. The predicted molar refractivity (Wildman–Crippen MR) is 67.1 cm³/mol. The Morgan fingerprint density at radius 1 is 1.24 bits per heavy atom. The molecule has 0 fully saturated rings. The number of nitrogens with one attached hydrogen (secondary N) is 1. The number of nitrogens with zero attached hydrogens (tertiary/aromatic N) is 1. The summed E-state index contributed by atoms with van der Waals surface area (Å²) in [6.07, 6.45) is 3.58. The molecule has 2 aromatic rings. The van der Waals surface area contributed by atoms with Gasteiger partial charge in [-0.2, -0.15) is 0 Å². The van der Waals surface area contributed by atoms with Gasteiger partial charge in [0.25, 0.3) is 0 Å². The lowest BCUT2D eigenvalue weighted by atomic mass is 9.97. The van der Waals surface area contributed by atoms with E-state index in [4.69, 9.17) is 0 Å². The van der Waals surface area contributed by atoms with Crippen LogP contribution in [-0.4, -0.2) is 12.0 Å². The topological polar surface area (TPSA) is 24.9 Å². The van der Waals surface area contributed by atoms with Gasteiger partial charge in [-0.1, -0.05) is 6.07 Å². The largest absolute Gasteiger partial charge is 0.316 e. The highest BCUT2D eigenvalue weighted by Crippen LogP contribution is 2.26. The fourth-order valence-corrected chi connectivity index (χ4v) is 1.94. The molecule has 1 heterocycles. The van der Waals surface area contributed by atoms with Gasteiger partial charge in [-0.15, -0.1) is 0 Å². The summed E-state index contributed by atoms with van der Waals surface area (Å²) >= 11 is 0. The van der Waals surface area contributed by atoms with Crippen LogP contribution in [0.25, 0.3) is 11.1 Å². The molecule has 2 rings (SSSR count). The Bertz CT molecular complexity index is 523. The second-order valence-electron chi connectivity index (χ2n) is 4.02. The molecule has 0 atom stereocenters. The molecule has 0 bridgehead atoms. The molecule has 3 heteroatoms. The highest BCUT2D eigenvalue weighted by atomic mass is 19.1. The normalized spacial score (nSPS) is 10.5. The van der Waals surface area contributed by atoms with Crippen LogP contribution in [0.4, 0.5) is 4.39 Å². The molecule has 0 aliphatic carbocycles. The van der Waals surface area contributed by atoms with Crippen LogP contribution >= 0.6 is 0 Å². The van der Waals surface area contributed by atoms with Crippen LogP contribution in [0.15, 0.2) is 36.7 Å². The molecule has 88 valence electrons. The summed E-state index contributed by atoms with van der Waals surface area (Å²) in [7, 11) is 1.86. The fraction of sp³-hybridized carbons (Fsp3) is 0.214. The summed E-state index contributed by atoms with van der Waals surface area (Å²) in [5, 5.41) is 3.06. The van der Waals surface area contributed by atoms with Crippen molar-refractivity contribution in [3.05, 3.63) is 53.6 Å². The van der Waals surface area contributed by atoms with Crippen LogP contribution < -0.4 is 5.32 Å². The molecule has 0 unspecified atom stereocenters. The van der Waals surface area contributed by atoms with Gasteiger partial charge in [0.2, 0.25) is 0 Å². The second kappa shape index (κ2) is 5.06. The molecule has 0 spiro atoms. The van der Waals surface area contributed by atoms with Crippen molar-refractivity contribution in [2.24, 2.45) is 0 Å². The highest BCUT2D eigenvalue weighted by Gasteiger charge is 2.08. The Morgan fingerprint density at radius 2 is 2.06 bits per heavy atom. The first kappa shape index (κ1) is 11.7. The van der Waals surface area contributed by atoms with Crippen molar-refractivity contribution < 1.29 is 4.39 Å². The maximum absolute atomic E-state index is 13.2. The monoisotopic (exact) mass is 230 g/mol. The summed E-state index contributed by atoms with van der Waals surface area (Å²) in [4.78, 5) is 4.07. The molecule has 1 aromatic heterocycles. The van der Waals surface area contributed by atoms with Crippen LogP contribution in [0.1, 0.15) is 11.1 Å². The molecule has 2 nitrogen and oxygen atoms in total. The molecule has 0 radical (unpaired) electrons. The summed E-state index contributed by atoms with van der Waals surface area (Å²) in [6.45, 7) is 2.66. The van der Waals surface area contributed by atoms with E-state index in [-0.39, 0.29) is 5.82 Å². The molecule has 17 heavy (non-hydrogen) atoms. The van der Waals surface area contributed by atoms with Gasteiger partial charge in [0.1, 0.15) is 5.82 Å². The summed E-state index contributed by atoms with van der Waals surface area (Å²) < 4.78 is 13.2. The summed E-state index contributed by atoms with van der Waals surface area (Å²) in [6, 6.07) is 6.85. The van der Waals surface area contributed by atoms with E-state index in [9.17, 15) is 4.39 Å². The minimum absolute atomic E-state index is 0.203. The van der Waals surface area contributed by atoms with Gasteiger partial charge < -0.3 is 5.32 Å². The van der Waals surface area contributed by atoms with E-state index in [1.165, 1.54) is 6.07 Å². The minimum Gasteiger partial charge on any atom is -0.316 e. The number of rotatable bonds is 3. The fourth-order valence-electron chi connectivity index (χ4n) is 1.94. The third kappa shape index (κ3) is 2.50. The average molecular weight is 230 g/mol. The third-order valence-corrected chi connectivity index (χ3v) is 2.74. The molecule has 0 aliphatic heterocycles. The quantitative estimate of drug-likeness (QED) is 0.877. The number of aryl methyl sites for hydroxylation is 1. The second-order valence-corrected chi connectivity index (χ2v) is 4.02. The van der Waals surface area contributed by atoms with Gasteiger partial charge in [-0.25, -0.2) is 4.39 Å². The van der Waals surface area contributed by atoms with E-state index < -0.39 is 0 Å². The smallest absolute Gasteiger partial charge is 0.123 e. The zero-order valence-corrected chi connectivity index (χ0v) is 10.00. The van der Waals surface area contributed by atoms with Crippen LogP contribution in [0.2, 0.25) is 0 Å². The molecule has 1 aromatic carbocycles. The van der Waals surface area contributed by atoms with Crippen molar-refractivity contribution in [3.8, 4) is 11.1 Å². The Labute approximate surface area is 101 Å². The zero-order chi connectivity index (χ0) is 12.3. The van der Waals surface area contributed by atoms with Crippen LogP contribution in [0.5, 0.6) is 0 Å². The van der Waals surface area contributed by atoms with Gasteiger partial charge in [0, 0.05) is 18.9 Å². The Morgan fingerprint density at radius 3 is 2.76 bits per heavy atom. The van der Waals surface area contributed by atoms with Gasteiger partial charge in [0.15, 0.2) is 0 Å². The molecule has 0 saturated heterocycles. The lowest BCUT2D eigenvalue weighted by Gasteiger charge is -2.11. The molecular formula is C14H15FN2. The van der Waals surface area contributed by atoms with E-state index >= 15 is 0 Å². The number of halogens is 1. The maximum atomic E-state index is 13.2. The molecular weight excluding hydrogens is 215 g/mol. The van der Waals surface area contributed by atoms with Crippen molar-refractivity contribution >= 4 is 0 Å². The Hall–Kier alpha value is -1.74. The first-order valence-electron chi connectivity index (χ1n) is 5.56. The van der Waals surface area contributed by atoms with E-state index in [2.05, 4.69) is 10.3 Å². The Kier molecular flexibility index (Phi) is 3.49. The third-order valence-electron chi connectivity index (χ3n) is 2.74. The van der Waals surface area contributed by atoms with Crippen molar-refractivity contribution in [2.75, 3.05) is 7.05 Å². The first-order valence-corrected chi connectivity index (χ1v) is 5.56. The number of hydrogen-bond acceptors (Lipinski definition) is 2. The van der Waals surface area contributed by atoms with Crippen LogP contribution in [0, 0.1) is 12.7 Å². The summed E-state index contributed by atoms with van der Waals surface area (Å²) in [5.41, 5.74) is 4.21. The zero-order valence-electron chi connectivity index (χ0n) is 10.00. The standard InChI is InChI=1S/C14H15FN2/c1-10-8-17-6-5-13(10)14-4-3-12(15)7-11(14)9-16-2/h3-8,16H,9H2,1-2H3. The lowest BCUT2D eigenvalue weighted by Crippen LogP contribution is -2.07. The van der Waals surface area contributed by atoms with E-state index in [0.29, 0.717) is 6.54 Å². The van der Waals surface area contributed by atoms with Crippen molar-refractivity contribution in [3.63, 3.8) is 0 Å². The van der Waals surface area contributed by atoms with Gasteiger partial charge in [0.05, 0.1) is 0 Å². The maximum Gasteiger partial charge on any atom is 0.123 e. The summed E-state index contributed by atoms with van der Waals surface area (Å²) in [5.74, 6) is -0.203. The molecule has 1 N–H and O–H groups in total. The molecule has 0 amide bonds.